The molecule has 126 valence electrons. The normalized spacial score (nSPS) is 25.4. The highest BCUT2D eigenvalue weighted by Gasteiger charge is 2.31. The van der Waals surface area contributed by atoms with Crippen molar-refractivity contribution in [3.05, 3.63) is 30.1 Å². The van der Waals surface area contributed by atoms with E-state index in [4.69, 9.17) is 9.47 Å². The van der Waals surface area contributed by atoms with Crippen LogP contribution in [-0.2, 0) is 14.3 Å². The summed E-state index contributed by atoms with van der Waals surface area (Å²) in [6, 6.07) is 5.94. The van der Waals surface area contributed by atoms with Crippen LogP contribution >= 0.6 is 0 Å². The lowest BCUT2D eigenvalue weighted by atomic mass is 10.1. The van der Waals surface area contributed by atoms with Gasteiger partial charge in [-0.3, -0.25) is 9.69 Å². The van der Waals surface area contributed by atoms with Gasteiger partial charge in [0.05, 0.1) is 18.8 Å². The minimum atomic E-state index is -0.351. The van der Waals surface area contributed by atoms with E-state index in [2.05, 4.69) is 10.2 Å². The summed E-state index contributed by atoms with van der Waals surface area (Å²) < 4.78 is 24.6. The number of rotatable bonds is 5. The Kier molecular flexibility index (Phi) is 5.59. The molecule has 0 aliphatic carbocycles. The lowest BCUT2D eigenvalue weighted by molar-refractivity contribution is -0.118. The lowest BCUT2D eigenvalue weighted by Gasteiger charge is -2.35. The molecule has 0 saturated carbocycles. The Bertz CT molecular complexity index is 534. The van der Waals surface area contributed by atoms with Crippen LogP contribution in [0.4, 0.5) is 10.1 Å². The molecule has 5 nitrogen and oxygen atoms in total. The number of nitrogens with zero attached hydrogens (tertiary/aromatic N) is 1. The van der Waals surface area contributed by atoms with Crippen molar-refractivity contribution in [1.82, 2.24) is 4.90 Å². The minimum absolute atomic E-state index is 0.101. The van der Waals surface area contributed by atoms with E-state index in [1.165, 1.54) is 12.1 Å². The van der Waals surface area contributed by atoms with Crippen molar-refractivity contribution in [3.8, 4) is 0 Å². The Hall–Kier alpha value is -1.50. The van der Waals surface area contributed by atoms with Gasteiger partial charge in [-0.1, -0.05) is 6.07 Å². The second-order valence-electron chi connectivity index (χ2n) is 6.07. The van der Waals surface area contributed by atoms with E-state index < -0.39 is 0 Å². The molecule has 1 aromatic rings. The molecule has 0 aromatic heterocycles. The third-order valence-corrected chi connectivity index (χ3v) is 4.32. The van der Waals surface area contributed by atoms with Crippen molar-refractivity contribution in [2.75, 3.05) is 38.2 Å². The van der Waals surface area contributed by atoms with Gasteiger partial charge in [-0.2, -0.15) is 0 Å². The molecule has 2 fully saturated rings. The maximum absolute atomic E-state index is 13.1. The maximum atomic E-state index is 13.1. The quantitative estimate of drug-likeness (QED) is 0.901. The average molecular weight is 322 g/mol. The molecule has 2 aliphatic heterocycles. The first-order valence-electron chi connectivity index (χ1n) is 8.22. The molecule has 2 saturated heterocycles. The van der Waals surface area contributed by atoms with Gasteiger partial charge in [0, 0.05) is 38.3 Å². The largest absolute Gasteiger partial charge is 0.375 e. The van der Waals surface area contributed by atoms with Crippen LogP contribution < -0.4 is 5.32 Å². The molecule has 0 spiro atoms. The van der Waals surface area contributed by atoms with Gasteiger partial charge in [0.15, 0.2) is 0 Å². The minimum Gasteiger partial charge on any atom is -0.375 e. The van der Waals surface area contributed by atoms with Crippen molar-refractivity contribution in [3.63, 3.8) is 0 Å². The fourth-order valence-corrected chi connectivity index (χ4v) is 3.10. The summed E-state index contributed by atoms with van der Waals surface area (Å²) in [4.78, 5) is 14.2. The van der Waals surface area contributed by atoms with Crippen LogP contribution in [0.3, 0.4) is 0 Å². The number of hydrogen-bond acceptors (Lipinski definition) is 4. The molecule has 1 N–H and O–H groups in total. The highest BCUT2D eigenvalue weighted by Crippen LogP contribution is 2.21. The molecule has 23 heavy (non-hydrogen) atoms. The van der Waals surface area contributed by atoms with Gasteiger partial charge >= 0.3 is 0 Å². The Morgan fingerprint density at radius 1 is 1.30 bits per heavy atom. The van der Waals surface area contributed by atoms with Crippen molar-refractivity contribution in [1.29, 1.82) is 0 Å². The maximum Gasteiger partial charge on any atom is 0.225 e. The SMILES string of the molecule is O=C(CCN1CCOC(C2CCCO2)C1)Nc1cccc(F)c1. The zero-order chi connectivity index (χ0) is 16.1. The number of benzene rings is 1. The van der Waals surface area contributed by atoms with Gasteiger partial charge in [0.2, 0.25) is 5.91 Å². The second-order valence-corrected chi connectivity index (χ2v) is 6.07. The first-order valence-corrected chi connectivity index (χ1v) is 8.22. The van der Waals surface area contributed by atoms with Crippen LogP contribution in [0.25, 0.3) is 0 Å². The predicted molar refractivity (Wildman–Crippen MR) is 84.8 cm³/mol. The Morgan fingerprint density at radius 3 is 2.96 bits per heavy atom. The zero-order valence-corrected chi connectivity index (χ0v) is 13.2. The number of ether oxygens (including phenoxy) is 2. The molecule has 1 amide bonds. The van der Waals surface area contributed by atoms with Crippen molar-refractivity contribution in [2.24, 2.45) is 0 Å². The number of anilines is 1. The number of halogens is 1. The summed E-state index contributed by atoms with van der Waals surface area (Å²) >= 11 is 0. The van der Waals surface area contributed by atoms with Gasteiger partial charge in [-0.05, 0) is 31.0 Å². The summed E-state index contributed by atoms with van der Waals surface area (Å²) in [6.07, 6.45) is 2.84. The van der Waals surface area contributed by atoms with Gasteiger partial charge in [0.25, 0.3) is 0 Å². The van der Waals surface area contributed by atoms with Gasteiger partial charge in [-0.25, -0.2) is 4.39 Å². The van der Waals surface area contributed by atoms with E-state index in [9.17, 15) is 9.18 Å². The molecule has 0 radical (unpaired) electrons. The number of hydrogen-bond donors (Lipinski definition) is 1. The summed E-state index contributed by atoms with van der Waals surface area (Å²) in [6.45, 7) is 3.80. The van der Waals surface area contributed by atoms with E-state index in [0.717, 1.165) is 32.5 Å². The summed E-state index contributed by atoms with van der Waals surface area (Å²) in [5, 5.41) is 2.73. The molecule has 6 heteroatoms. The molecular weight excluding hydrogens is 299 g/mol. The van der Waals surface area contributed by atoms with E-state index in [-0.39, 0.29) is 23.9 Å². The number of carbonyl (C=O) groups excluding carboxylic acids is 1. The third-order valence-electron chi connectivity index (χ3n) is 4.32. The van der Waals surface area contributed by atoms with E-state index in [1.807, 2.05) is 0 Å². The fourth-order valence-electron chi connectivity index (χ4n) is 3.10. The van der Waals surface area contributed by atoms with Gasteiger partial charge < -0.3 is 14.8 Å². The van der Waals surface area contributed by atoms with Gasteiger partial charge in [0.1, 0.15) is 5.82 Å². The molecule has 2 unspecified atom stereocenters. The number of nitrogens with one attached hydrogen (secondary N) is 1. The summed E-state index contributed by atoms with van der Waals surface area (Å²) in [7, 11) is 0. The van der Waals surface area contributed by atoms with Gasteiger partial charge in [-0.15, -0.1) is 0 Å². The topological polar surface area (TPSA) is 50.8 Å². The summed E-state index contributed by atoms with van der Waals surface area (Å²) in [5.74, 6) is -0.453. The van der Waals surface area contributed by atoms with E-state index in [1.54, 1.807) is 12.1 Å². The molecular formula is C17H23FN2O3. The Balaban J connectivity index is 1.43. The highest BCUT2D eigenvalue weighted by atomic mass is 19.1. The highest BCUT2D eigenvalue weighted by molar-refractivity contribution is 5.90. The van der Waals surface area contributed by atoms with Crippen LogP contribution in [0.1, 0.15) is 19.3 Å². The van der Waals surface area contributed by atoms with Crippen LogP contribution in [0.2, 0.25) is 0 Å². The third kappa shape index (κ3) is 4.73. The predicted octanol–water partition coefficient (Wildman–Crippen LogP) is 2.03. The molecule has 2 atom stereocenters. The Labute approximate surface area is 135 Å². The number of amides is 1. The first kappa shape index (κ1) is 16.4. The number of morpholine rings is 1. The second kappa shape index (κ2) is 7.86. The van der Waals surface area contributed by atoms with Crippen LogP contribution in [0.5, 0.6) is 0 Å². The van der Waals surface area contributed by atoms with Crippen molar-refractivity contribution < 1.29 is 18.7 Å². The van der Waals surface area contributed by atoms with E-state index >= 15 is 0 Å². The van der Waals surface area contributed by atoms with Crippen molar-refractivity contribution >= 4 is 11.6 Å². The molecule has 2 heterocycles. The molecule has 1 aromatic carbocycles. The number of carbonyl (C=O) groups is 1. The average Bonchev–Trinajstić information content (AvgIpc) is 3.08. The zero-order valence-electron chi connectivity index (χ0n) is 13.2. The molecule has 0 bridgehead atoms. The monoisotopic (exact) mass is 322 g/mol. The molecule has 2 aliphatic rings. The summed E-state index contributed by atoms with van der Waals surface area (Å²) in [5.41, 5.74) is 0.495. The van der Waals surface area contributed by atoms with Crippen molar-refractivity contribution in [2.45, 2.75) is 31.5 Å². The molecule has 3 rings (SSSR count). The standard InChI is InChI=1S/C17H23FN2O3/c18-13-3-1-4-14(11-13)19-17(21)6-7-20-8-10-23-16(12-20)15-5-2-9-22-15/h1,3-4,11,15-16H,2,5-10,12H2,(H,19,21). The fraction of sp³-hybridized carbons (Fsp3) is 0.588. The van der Waals surface area contributed by atoms with Crippen LogP contribution in [-0.4, -0.2) is 55.9 Å². The van der Waals surface area contributed by atoms with Crippen LogP contribution in [0, 0.1) is 5.82 Å². The smallest absolute Gasteiger partial charge is 0.225 e. The van der Waals surface area contributed by atoms with E-state index in [0.29, 0.717) is 25.3 Å². The van der Waals surface area contributed by atoms with Crippen LogP contribution in [0.15, 0.2) is 24.3 Å². The Morgan fingerprint density at radius 2 is 2.17 bits per heavy atom. The first-order chi connectivity index (χ1) is 11.2. The lowest BCUT2D eigenvalue weighted by Crippen LogP contribution is -2.48.